The summed E-state index contributed by atoms with van der Waals surface area (Å²) in [5.41, 5.74) is 0. The fraction of sp³-hybridized carbons (Fsp3) is 1.00. The van der Waals surface area contributed by atoms with Crippen LogP contribution < -0.4 is 0 Å². The van der Waals surface area contributed by atoms with Gasteiger partial charge in [-0.25, -0.2) is 8.78 Å². The number of rotatable bonds is 2. The third-order valence-corrected chi connectivity index (χ3v) is 1.74. The first kappa shape index (κ1) is 5.99. The summed E-state index contributed by atoms with van der Waals surface area (Å²) in [6.45, 7) is 0. The first-order valence-electron chi connectivity index (χ1n) is 3.07. The molecule has 0 aromatic heterocycles. The lowest BCUT2D eigenvalue weighted by molar-refractivity contribution is 0.0923. The zero-order valence-corrected chi connectivity index (χ0v) is 4.74. The summed E-state index contributed by atoms with van der Waals surface area (Å²) in [6.07, 6.45) is 1.30. The minimum Gasteiger partial charge on any atom is -0.211 e. The topological polar surface area (TPSA) is 0 Å². The summed E-state index contributed by atoms with van der Waals surface area (Å²) >= 11 is 0. The minimum absolute atomic E-state index is 0.139. The van der Waals surface area contributed by atoms with Gasteiger partial charge in [0.05, 0.1) is 0 Å². The predicted octanol–water partition coefficient (Wildman–Crippen LogP) is 2.44. The molecule has 0 spiro atoms. The van der Waals surface area contributed by atoms with E-state index in [4.69, 9.17) is 0 Å². The van der Waals surface area contributed by atoms with Crippen LogP contribution in [0.15, 0.2) is 0 Å². The Morgan fingerprint density at radius 2 is 2.00 bits per heavy atom. The molecule has 0 bridgehead atoms. The maximum absolute atomic E-state index is 11.5. The highest BCUT2D eigenvalue weighted by Crippen LogP contribution is 2.31. The predicted molar refractivity (Wildman–Crippen MR) is 28.0 cm³/mol. The van der Waals surface area contributed by atoms with Crippen molar-refractivity contribution < 1.29 is 8.78 Å². The third-order valence-electron chi connectivity index (χ3n) is 1.74. The van der Waals surface area contributed by atoms with Gasteiger partial charge < -0.3 is 0 Å². The van der Waals surface area contributed by atoms with Crippen molar-refractivity contribution in [3.05, 3.63) is 0 Å². The van der Waals surface area contributed by atoms with Crippen LogP contribution in [0.2, 0.25) is 0 Å². The summed E-state index contributed by atoms with van der Waals surface area (Å²) in [5.74, 6) is 0.356. The smallest absolute Gasteiger partial charge is 0.211 e. The van der Waals surface area contributed by atoms with E-state index >= 15 is 0 Å². The zero-order chi connectivity index (χ0) is 5.98. The van der Waals surface area contributed by atoms with Gasteiger partial charge in [0.15, 0.2) is 0 Å². The van der Waals surface area contributed by atoms with Gasteiger partial charge in [0, 0.05) is 6.42 Å². The van der Waals surface area contributed by atoms with Crippen LogP contribution in [0.1, 0.15) is 25.7 Å². The maximum Gasteiger partial charge on any atom is 0.238 e. The molecule has 0 aromatic carbocycles. The largest absolute Gasteiger partial charge is 0.238 e. The van der Waals surface area contributed by atoms with Crippen molar-refractivity contribution in [3.63, 3.8) is 0 Å². The van der Waals surface area contributed by atoms with E-state index in [1.165, 1.54) is 0 Å². The highest BCUT2D eigenvalue weighted by atomic mass is 19.3. The zero-order valence-electron chi connectivity index (χ0n) is 4.74. The summed E-state index contributed by atoms with van der Waals surface area (Å²) in [6, 6.07) is 0. The highest BCUT2D eigenvalue weighted by Gasteiger charge is 2.20. The fourth-order valence-corrected chi connectivity index (χ4v) is 0.980. The van der Waals surface area contributed by atoms with Crippen LogP contribution >= 0.6 is 0 Å². The highest BCUT2D eigenvalue weighted by molar-refractivity contribution is 4.69. The van der Waals surface area contributed by atoms with Gasteiger partial charge in [0.2, 0.25) is 6.43 Å². The van der Waals surface area contributed by atoms with Crippen molar-refractivity contribution in [2.45, 2.75) is 32.1 Å². The van der Waals surface area contributed by atoms with Crippen molar-refractivity contribution in [1.29, 1.82) is 0 Å². The van der Waals surface area contributed by atoms with Crippen LogP contribution in [-0.4, -0.2) is 6.43 Å². The Morgan fingerprint density at radius 3 is 2.12 bits per heavy atom. The van der Waals surface area contributed by atoms with E-state index < -0.39 is 6.43 Å². The van der Waals surface area contributed by atoms with E-state index in [1.54, 1.807) is 0 Å². The SMILES string of the molecule is FC(F)CC1CCC1. The average Bonchev–Trinajstić information content (AvgIpc) is 1.55. The van der Waals surface area contributed by atoms with Crippen molar-refractivity contribution >= 4 is 0 Å². The molecule has 0 aliphatic heterocycles. The molecule has 1 aliphatic carbocycles. The Kier molecular flexibility index (Phi) is 1.81. The van der Waals surface area contributed by atoms with Crippen LogP contribution in [0.25, 0.3) is 0 Å². The van der Waals surface area contributed by atoms with Gasteiger partial charge in [0.1, 0.15) is 0 Å². The van der Waals surface area contributed by atoms with E-state index in [0.717, 1.165) is 19.3 Å². The quantitative estimate of drug-likeness (QED) is 0.525. The molecular formula is C6H10F2. The molecule has 1 rings (SSSR count). The monoisotopic (exact) mass is 120 g/mol. The summed E-state index contributed by atoms with van der Waals surface area (Å²) in [5, 5.41) is 0. The number of hydrogen-bond donors (Lipinski definition) is 0. The summed E-state index contributed by atoms with van der Waals surface area (Å²) in [7, 11) is 0. The number of hydrogen-bond acceptors (Lipinski definition) is 0. The van der Waals surface area contributed by atoms with E-state index in [9.17, 15) is 8.78 Å². The molecule has 8 heavy (non-hydrogen) atoms. The van der Waals surface area contributed by atoms with Crippen molar-refractivity contribution in [1.82, 2.24) is 0 Å². The molecule has 48 valence electrons. The lowest BCUT2D eigenvalue weighted by Crippen LogP contribution is -2.13. The molecule has 0 nitrogen and oxygen atoms in total. The summed E-state index contributed by atoms with van der Waals surface area (Å²) < 4.78 is 23.0. The van der Waals surface area contributed by atoms with Crippen molar-refractivity contribution in [2.24, 2.45) is 5.92 Å². The van der Waals surface area contributed by atoms with Crippen molar-refractivity contribution in [3.8, 4) is 0 Å². The second-order valence-corrected chi connectivity index (χ2v) is 2.42. The average molecular weight is 120 g/mol. The molecule has 0 heterocycles. The standard InChI is InChI=1S/C6H10F2/c7-6(8)4-5-2-1-3-5/h5-6H,1-4H2. The Morgan fingerprint density at radius 1 is 1.38 bits per heavy atom. The Bertz CT molecular complexity index is 66.9. The van der Waals surface area contributed by atoms with Gasteiger partial charge >= 0.3 is 0 Å². The van der Waals surface area contributed by atoms with E-state index in [-0.39, 0.29) is 6.42 Å². The molecule has 0 radical (unpaired) electrons. The first-order valence-corrected chi connectivity index (χ1v) is 3.07. The maximum atomic E-state index is 11.5. The molecule has 0 N–H and O–H groups in total. The number of halogens is 2. The second kappa shape index (κ2) is 2.42. The van der Waals surface area contributed by atoms with Gasteiger partial charge in [-0.05, 0) is 5.92 Å². The second-order valence-electron chi connectivity index (χ2n) is 2.42. The number of alkyl halides is 2. The molecule has 1 fully saturated rings. The van der Waals surface area contributed by atoms with E-state index in [1.807, 2.05) is 0 Å². The fourth-order valence-electron chi connectivity index (χ4n) is 0.980. The molecular weight excluding hydrogens is 110 g/mol. The van der Waals surface area contributed by atoms with Gasteiger partial charge in [-0.15, -0.1) is 0 Å². The van der Waals surface area contributed by atoms with Crippen LogP contribution in [-0.2, 0) is 0 Å². The van der Waals surface area contributed by atoms with Gasteiger partial charge in [0.25, 0.3) is 0 Å². The van der Waals surface area contributed by atoms with E-state index in [0.29, 0.717) is 5.92 Å². The summed E-state index contributed by atoms with van der Waals surface area (Å²) in [4.78, 5) is 0. The Balaban J connectivity index is 2.01. The first-order chi connectivity index (χ1) is 3.79. The molecule has 0 saturated heterocycles. The normalized spacial score (nSPS) is 21.4. The van der Waals surface area contributed by atoms with Gasteiger partial charge in [-0.3, -0.25) is 0 Å². The Labute approximate surface area is 47.9 Å². The van der Waals surface area contributed by atoms with Crippen LogP contribution in [0.3, 0.4) is 0 Å². The lowest BCUT2D eigenvalue weighted by Gasteiger charge is -2.24. The molecule has 2 heteroatoms. The van der Waals surface area contributed by atoms with Crippen LogP contribution in [0, 0.1) is 5.92 Å². The third kappa shape index (κ3) is 1.42. The van der Waals surface area contributed by atoms with Crippen LogP contribution in [0.4, 0.5) is 8.78 Å². The lowest BCUT2D eigenvalue weighted by atomic mass is 9.83. The molecule has 1 saturated carbocycles. The molecule has 0 atom stereocenters. The molecule has 1 aliphatic rings. The van der Waals surface area contributed by atoms with Gasteiger partial charge in [-0.1, -0.05) is 19.3 Å². The van der Waals surface area contributed by atoms with Crippen molar-refractivity contribution in [2.75, 3.05) is 0 Å². The Hall–Kier alpha value is -0.140. The molecule has 0 amide bonds. The molecule has 0 aromatic rings. The minimum atomic E-state index is -2.07. The van der Waals surface area contributed by atoms with Crippen LogP contribution in [0.5, 0.6) is 0 Å². The van der Waals surface area contributed by atoms with E-state index in [2.05, 4.69) is 0 Å². The molecule has 0 unspecified atom stereocenters. The van der Waals surface area contributed by atoms with Gasteiger partial charge in [-0.2, -0.15) is 0 Å².